The molecule has 2 aromatic heterocycles. The van der Waals surface area contributed by atoms with Gasteiger partial charge < -0.3 is 10.6 Å². The second kappa shape index (κ2) is 6.66. The predicted molar refractivity (Wildman–Crippen MR) is 84.9 cm³/mol. The molecule has 1 unspecified atom stereocenters. The molecule has 1 aromatic carbocycles. The number of rotatable bonds is 6. The molecule has 0 bridgehead atoms. The third-order valence-electron chi connectivity index (χ3n) is 3.04. The zero-order valence-corrected chi connectivity index (χ0v) is 12.2. The van der Waals surface area contributed by atoms with Crippen LogP contribution in [0.15, 0.2) is 55.4 Å². The van der Waals surface area contributed by atoms with Gasteiger partial charge in [0.05, 0.1) is 6.54 Å². The minimum atomic E-state index is 0.168. The molecule has 0 aliphatic rings. The van der Waals surface area contributed by atoms with Crippen molar-refractivity contribution in [3.05, 3.63) is 55.4 Å². The summed E-state index contributed by atoms with van der Waals surface area (Å²) in [4.78, 5) is 12.4. The van der Waals surface area contributed by atoms with Crippen LogP contribution < -0.4 is 10.6 Å². The van der Waals surface area contributed by atoms with Crippen LogP contribution in [0.25, 0.3) is 0 Å². The van der Waals surface area contributed by atoms with E-state index in [1.165, 1.54) is 12.7 Å². The fourth-order valence-electron chi connectivity index (χ4n) is 2.08. The molecule has 22 heavy (non-hydrogen) atoms. The molecule has 0 aliphatic heterocycles. The highest BCUT2D eigenvalue weighted by Gasteiger charge is 2.06. The zero-order valence-electron chi connectivity index (χ0n) is 12.2. The summed E-state index contributed by atoms with van der Waals surface area (Å²) in [6.45, 7) is 2.78. The van der Waals surface area contributed by atoms with Crippen molar-refractivity contribution in [3.8, 4) is 0 Å². The van der Waals surface area contributed by atoms with Gasteiger partial charge >= 0.3 is 0 Å². The van der Waals surface area contributed by atoms with Crippen molar-refractivity contribution in [2.75, 3.05) is 10.6 Å². The first-order chi connectivity index (χ1) is 10.8. The van der Waals surface area contributed by atoms with Gasteiger partial charge in [-0.2, -0.15) is 5.10 Å². The summed E-state index contributed by atoms with van der Waals surface area (Å²) in [5, 5.41) is 10.7. The van der Waals surface area contributed by atoms with Crippen LogP contribution in [0.4, 0.5) is 17.3 Å². The Morgan fingerprint density at radius 3 is 2.68 bits per heavy atom. The Balaban J connectivity index is 1.63. The van der Waals surface area contributed by atoms with Crippen molar-refractivity contribution in [2.24, 2.45) is 0 Å². The Morgan fingerprint density at radius 2 is 1.91 bits per heavy atom. The molecule has 0 saturated carbocycles. The number of nitrogens with one attached hydrogen (secondary N) is 2. The lowest BCUT2D eigenvalue weighted by molar-refractivity contribution is 0.558. The molecule has 0 spiro atoms. The van der Waals surface area contributed by atoms with Crippen molar-refractivity contribution >= 4 is 17.3 Å². The second-order valence-electron chi connectivity index (χ2n) is 4.94. The SMILES string of the molecule is CC(Cn1cncn1)Nc1cc(Nc2ccccc2)ncn1. The Morgan fingerprint density at radius 1 is 1.09 bits per heavy atom. The summed E-state index contributed by atoms with van der Waals surface area (Å²) in [5.41, 5.74) is 0.989. The van der Waals surface area contributed by atoms with Crippen molar-refractivity contribution in [3.63, 3.8) is 0 Å². The lowest BCUT2D eigenvalue weighted by Gasteiger charge is -2.14. The van der Waals surface area contributed by atoms with Crippen LogP contribution in [-0.2, 0) is 6.54 Å². The molecular formula is C15H17N7. The van der Waals surface area contributed by atoms with Gasteiger partial charge in [0.2, 0.25) is 0 Å². The molecule has 7 nitrogen and oxygen atoms in total. The van der Waals surface area contributed by atoms with Gasteiger partial charge in [0.25, 0.3) is 0 Å². The quantitative estimate of drug-likeness (QED) is 0.726. The maximum atomic E-state index is 4.24. The summed E-state index contributed by atoms with van der Waals surface area (Å²) in [6, 6.07) is 12.0. The molecule has 3 rings (SSSR count). The summed E-state index contributed by atoms with van der Waals surface area (Å²) >= 11 is 0. The largest absolute Gasteiger partial charge is 0.366 e. The third-order valence-corrected chi connectivity index (χ3v) is 3.04. The molecule has 2 heterocycles. The minimum absolute atomic E-state index is 0.168. The summed E-state index contributed by atoms with van der Waals surface area (Å²) in [6.07, 6.45) is 4.76. The van der Waals surface area contributed by atoms with E-state index in [1.54, 1.807) is 11.0 Å². The Hall–Kier alpha value is -2.96. The first-order valence-corrected chi connectivity index (χ1v) is 7.02. The van der Waals surface area contributed by atoms with E-state index >= 15 is 0 Å². The van der Waals surface area contributed by atoms with Crippen LogP contribution in [0.2, 0.25) is 0 Å². The average molecular weight is 295 g/mol. The molecule has 0 aliphatic carbocycles. The molecule has 7 heteroatoms. The number of hydrogen-bond donors (Lipinski definition) is 2. The van der Waals surface area contributed by atoms with Gasteiger partial charge in [-0.15, -0.1) is 0 Å². The highest BCUT2D eigenvalue weighted by atomic mass is 15.3. The van der Waals surface area contributed by atoms with Gasteiger partial charge in [-0.05, 0) is 19.1 Å². The molecule has 0 saturated heterocycles. The molecule has 2 N–H and O–H groups in total. The van der Waals surface area contributed by atoms with Crippen LogP contribution in [0.1, 0.15) is 6.92 Å². The van der Waals surface area contributed by atoms with Crippen LogP contribution in [0, 0.1) is 0 Å². The van der Waals surface area contributed by atoms with E-state index in [2.05, 4.69) is 37.6 Å². The number of anilines is 3. The Bertz CT molecular complexity index is 697. The van der Waals surface area contributed by atoms with Crippen molar-refractivity contribution in [1.29, 1.82) is 0 Å². The molecular weight excluding hydrogens is 278 g/mol. The van der Waals surface area contributed by atoms with Gasteiger partial charge in [0.15, 0.2) is 0 Å². The van der Waals surface area contributed by atoms with Gasteiger partial charge in [0, 0.05) is 17.8 Å². The van der Waals surface area contributed by atoms with E-state index in [9.17, 15) is 0 Å². The molecule has 3 aromatic rings. The lowest BCUT2D eigenvalue weighted by Crippen LogP contribution is -2.22. The van der Waals surface area contributed by atoms with E-state index in [1.807, 2.05) is 36.4 Å². The molecule has 0 radical (unpaired) electrons. The number of nitrogens with zero attached hydrogens (tertiary/aromatic N) is 5. The smallest absolute Gasteiger partial charge is 0.137 e. The third kappa shape index (κ3) is 3.78. The fraction of sp³-hybridized carbons (Fsp3) is 0.200. The first-order valence-electron chi connectivity index (χ1n) is 7.02. The van der Waals surface area contributed by atoms with Crippen LogP contribution >= 0.6 is 0 Å². The van der Waals surface area contributed by atoms with E-state index in [-0.39, 0.29) is 6.04 Å². The number of para-hydroxylation sites is 1. The standard InChI is InChI=1S/C15H17N7/c1-12(8-22-11-16-9-19-22)20-14-7-15(18-10-17-14)21-13-5-3-2-4-6-13/h2-7,9-12H,8H2,1H3,(H2,17,18,20,21). The second-order valence-corrected chi connectivity index (χ2v) is 4.94. The van der Waals surface area contributed by atoms with Gasteiger partial charge in [0.1, 0.15) is 30.6 Å². The van der Waals surface area contributed by atoms with Crippen molar-refractivity contribution in [1.82, 2.24) is 24.7 Å². The number of benzene rings is 1. The van der Waals surface area contributed by atoms with E-state index in [4.69, 9.17) is 0 Å². The van der Waals surface area contributed by atoms with Crippen LogP contribution in [-0.4, -0.2) is 30.8 Å². The predicted octanol–water partition coefficient (Wildman–Crippen LogP) is 2.31. The molecule has 0 amide bonds. The molecule has 112 valence electrons. The minimum Gasteiger partial charge on any atom is -0.366 e. The maximum Gasteiger partial charge on any atom is 0.137 e. The van der Waals surface area contributed by atoms with Crippen molar-refractivity contribution < 1.29 is 0 Å². The van der Waals surface area contributed by atoms with Gasteiger partial charge in [-0.1, -0.05) is 18.2 Å². The van der Waals surface area contributed by atoms with Gasteiger partial charge in [-0.3, -0.25) is 4.68 Å². The topological polar surface area (TPSA) is 80.5 Å². The monoisotopic (exact) mass is 295 g/mol. The summed E-state index contributed by atoms with van der Waals surface area (Å²) < 4.78 is 1.78. The maximum absolute atomic E-state index is 4.24. The zero-order chi connectivity index (χ0) is 15.2. The van der Waals surface area contributed by atoms with E-state index in [0.29, 0.717) is 6.54 Å². The highest BCUT2D eigenvalue weighted by molar-refractivity contribution is 5.58. The highest BCUT2D eigenvalue weighted by Crippen LogP contribution is 2.16. The average Bonchev–Trinajstić information content (AvgIpc) is 3.01. The summed E-state index contributed by atoms with van der Waals surface area (Å²) in [7, 11) is 0. The summed E-state index contributed by atoms with van der Waals surface area (Å²) in [5.74, 6) is 1.51. The Kier molecular flexibility index (Phi) is 4.24. The lowest BCUT2D eigenvalue weighted by atomic mass is 10.3. The van der Waals surface area contributed by atoms with Crippen LogP contribution in [0.3, 0.4) is 0 Å². The van der Waals surface area contributed by atoms with E-state index < -0.39 is 0 Å². The first kappa shape index (κ1) is 14.0. The van der Waals surface area contributed by atoms with Crippen LogP contribution in [0.5, 0.6) is 0 Å². The number of aromatic nitrogens is 5. The van der Waals surface area contributed by atoms with E-state index in [0.717, 1.165) is 17.3 Å². The number of hydrogen-bond acceptors (Lipinski definition) is 6. The molecule has 0 fully saturated rings. The molecule has 1 atom stereocenters. The Labute approximate surface area is 128 Å². The fourth-order valence-corrected chi connectivity index (χ4v) is 2.08. The normalized spacial score (nSPS) is 11.9. The van der Waals surface area contributed by atoms with Gasteiger partial charge in [-0.25, -0.2) is 15.0 Å². The van der Waals surface area contributed by atoms with Crippen molar-refractivity contribution in [2.45, 2.75) is 19.5 Å².